The van der Waals surface area contributed by atoms with E-state index in [1.165, 1.54) is 6.07 Å². The largest absolute Gasteiger partial charge is 0.481 e. The number of hydrogen-bond acceptors (Lipinski definition) is 3. The van der Waals surface area contributed by atoms with Gasteiger partial charge in [-0.25, -0.2) is 4.79 Å². The van der Waals surface area contributed by atoms with E-state index in [4.69, 9.17) is 9.84 Å². The number of rotatable bonds is 3. The number of carbonyl (C=O) groups excluding carboxylic acids is 1. The first kappa shape index (κ1) is 14.2. The van der Waals surface area contributed by atoms with E-state index in [2.05, 4.69) is 0 Å². The lowest BCUT2D eigenvalue weighted by Gasteiger charge is -2.21. The lowest BCUT2D eigenvalue weighted by Crippen LogP contribution is -2.35. The van der Waals surface area contributed by atoms with Gasteiger partial charge < -0.3 is 9.84 Å². The van der Waals surface area contributed by atoms with Gasteiger partial charge in [-0.05, 0) is 18.2 Å². The van der Waals surface area contributed by atoms with Crippen molar-refractivity contribution in [3.05, 3.63) is 29.8 Å². The molecule has 1 atom stereocenters. The maximum atomic E-state index is 12.6. The van der Waals surface area contributed by atoms with E-state index in [-0.39, 0.29) is 12.3 Å². The van der Waals surface area contributed by atoms with Crippen LogP contribution in [0.15, 0.2) is 24.3 Å². The molecule has 1 fully saturated rings. The van der Waals surface area contributed by atoms with Gasteiger partial charge in [0, 0.05) is 5.69 Å². The summed E-state index contributed by atoms with van der Waals surface area (Å²) in [5.41, 5.74) is -0.947. The lowest BCUT2D eigenvalue weighted by molar-refractivity contribution is -0.138. The molecule has 0 bridgehead atoms. The fourth-order valence-corrected chi connectivity index (χ4v) is 1.96. The minimum absolute atomic E-state index is 0.0337. The normalized spacial score (nSPS) is 19.1. The minimum atomic E-state index is -4.54. The molecule has 1 aliphatic heterocycles. The Hall–Kier alpha value is -2.25. The van der Waals surface area contributed by atoms with Crippen LogP contribution >= 0.6 is 0 Å². The Morgan fingerprint density at radius 2 is 2.15 bits per heavy atom. The van der Waals surface area contributed by atoms with E-state index in [0.29, 0.717) is 0 Å². The van der Waals surface area contributed by atoms with Crippen molar-refractivity contribution in [2.45, 2.75) is 18.6 Å². The highest BCUT2D eigenvalue weighted by Gasteiger charge is 2.37. The summed E-state index contributed by atoms with van der Waals surface area (Å²) in [6.07, 6.45) is -5.79. The van der Waals surface area contributed by atoms with Crippen molar-refractivity contribution in [3.63, 3.8) is 0 Å². The second-order valence-electron chi connectivity index (χ2n) is 4.25. The number of carboxylic acids is 1. The molecular formula is C12H10F3NO4. The third-order valence-electron chi connectivity index (χ3n) is 2.82. The maximum Gasteiger partial charge on any atom is 0.416 e. The van der Waals surface area contributed by atoms with Crippen LogP contribution in [-0.2, 0) is 15.7 Å². The van der Waals surface area contributed by atoms with Gasteiger partial charge in [-0.15, -0.1) is 0 Å². The second-order valence-corrected chi connectivity index (χ2v) is 4.25. The molecule has 1 N–H and O–H groups in total. The Labute approximate surface area is 111 Å². The van der Waals surface area contributed by atoms with Crippen LogP contribution in [0.2, 0.25) is 0 Å². The molecule has 108 valence electrons. The van der Waals surface area contributed by atoms with Gasteiger partial charge in [0.1, 0.15) is 6.61 Å². The molecule has 1 saturated heterocycles. The first-order valence-corrected chi connectivity index (χ1v) is 5.64. The van der Waals surface area contributed by atoms with Gasteiger partial charge >= 0.3 is 18.2 Å². The highest BCUT2D eigenvalue weighted by Crippen LogP contribution is 2.33. The first-order chi connectivity index (χ1) is 9.29. The predicted octanol–water partition coefficient (Wildman–Crippen LogP) is 2.51. The Bertz CT molecular complexity index is 544. The van der Waals surface area contributed by atoms with Crippen molar-refractivity contribution in [2.24, 2.45) is 0 Å². The molecule has 0 aliphatic carbocycles. The standard InChI is InChI=1S/C12H10F3NO4/c13-12(14,15)7-2-1-3-8(4-7)16-9(5-10(17)18)6-20-11(16)19/h1-4,9H,5-6H2,(H,17,18). The highest BCUT2D eigenvalue weighted by atomic mass is 19.4. The summed E-state index contributed by atoms with van der Waals surface area (Å²) < 4.78 is 42.6. The Morgan fingerprint density at radius 3 is 2.75 bits per heavy atom. The van der Waals surface area contributed by atoms with Crippen LogP contribution in [0, 0.1) is 0 Å². The molecule has 20 heavy (non-hydrogen) atoms. The lowest BCUT2D eigenvalue weighted by atomic mass is 10.1. The molecule has 1 aromatic rings. The fraction of sp³-hybridized carbons (Fsp3) is 0.333. The summed E-state index contributed by atoms with van der Waals surface area (Å²) in [4.78, 5) is 23.2. The van der Waals surface area contributed by atoms with E-state index in [1.54, 1.807) is 0 Å². The van der Waals surface area contributed by atoms with Crippen molar-refractivity contribution in [2.75, 3.05) is 11.5 Å². The Kier molecular flexibility index (Phi) is 3.56. The van der Waals surface area contributed by atoms with Crippen LogP contribution in [0.1, 0.15) is 12.0 Å². The van der Waals surface area contributed by atoms with Crippen molar-refractivity contribution < 1.29 is 32.6 Å². The molecule has 2 rings (SSSR count). The van der Waals surface area contributed by atoms with Crippen LogP contribution < -0.4 is 4.90 Å². The quantitative estimate of drug-likeness (QED) is 0.928. The first-order valence-electron chi connectivity index (χ1n) is 5.64. The molecule has 1 heterocycles. The number of nitrogens with zero attached hydrogens (tertiary/aromatic N) is 1. The minimum Gasteiger partial charge on any atom is -0.481 e. The summed E-state index contributed by atoms with van der Waals surface area (Å²) in [6.45, 7) is -0.165. The number of aliphatic carboxylic acids is 1. The van der Waals surface area contributed by atoms with Gasteiger partial charge in [0.2, 0.25) is 0 Å². The number of halogens is 3. The van der Waals surface area contributed by atoms with E-state index < -0.39 is 36.3 Å². The molecule has 8 heteroatoms. The van der Waals surface area contributed by atoms with E-state index in [9.17, 15) is 22.8 Å². The zero-order valence-corrected chi connectivity index (χ0v) is 10.1. The number of benzene rings is 1. The van der Waals surface area contributed by atoms with Crippen molar-refractivity contribution in [1.82, 2.24) is 0 Å². The van der Waals surface area contributed by atoms with Crippen LogP contribution in [0.5, 0.6) is 0 Å². The summed E-state index contributed by atoms with van der Waals surface area (Å²) in [6, 6.07) is 3.31. The predicted molar refractivity (Wildman–Crippen MR) is 61.3 cm³/mol. The summed E-state index contributed by atoms with van der Waals surface area (Å²) in [5.74, 6) is -1.16. The van der Waals surface area contributed by atoms with Gasteiger partial charge in [-0.2, -0.15) is 13.2 Å². The van der Waals surface area contributed by atoms with Crippen LogP contribution in [0.25, 0.3) is 0 Å². The zero-order valence-electron chi connectivity index (χ0n) is 10.1. The topological polar surface area (TPSA) is 66.8 Å². The number of cyclic esters (lactones) is 1. The Morgan fingerprint density at radius 1 is 1.45 bits per heavy atom. The Balaban J connectivity index is 2.33. The number of hydrogen-bond donors (Lipinski definition) is 1. The molecule has 0 radical (unpaired) electrons. The number of carbonyl (C=O) groups is 2. The summed E-state index contributed by atoms with van der Waals surface area (Å²) in [7, 11) is 0. The van der Waals surface area contributed by atoms with Gasteiger partial charge in [-0.1, -0.05) is 6.07 Å². The molecule has 5 nitrogen and oxygen atoms in total. The van der Waals surface area contributed by atoms with Gasteiger partial charge in [0.05, 0.1) is 18.0 Å². The number of ether oxygens (including phenoxy) is 1. The molecular weight excluding hydrogens is 279 g/mol. The van der Waals surface area contributed by atoms with Gasteiger partial charge in [0.15, 0.2) is 0 Å². The number of amides is 1. The van der Waals surface area contributed by atoms with Crippen molar-refractivity contribution in [3.8, 4) is 0 Å². The molecule has 0 spiro atoms. The number of carboxylic acid groups (broad SMARTS) is 1. The monoisotopic (exact) mass is 289 g/mol. The molecule has 1 aromatic carbocycles. The molecule has 0 saturated carbocycles. The van der Waals surface area contributed by atoms with Gasteiger partial charge in [0.25, 0.3) is 0 Å². The van der Waals surface area contributed by atoms with Crippen LogP contribution in [-0.4, -0.2) is 29.8 Å². The summed E-state index contributed by atoms with van der Waals surface area (Å²) in [5, 5.41) is 8.74. The zero-order chi connectivity index (χ0) is 14.9. The molecule has 1 unspecified atom stereocenters. The fourth-order valence-electron chi connectivity index (χ4n) is 1.96. The van der Waals surface area contributed by atoms with Crippen LogP contribution in [0.3, 0.4) is 0 Å². The third kappa shape index (κ3) is 2.84. The SMILES string of the molecule is O=C(O)CC1COC(=O)N1c1cccc(C(F)(F)F)c1. The third-order valence-corrected chi connectivity index (χ3v) is 2.82. The van der Waals surface area contributed by atoms with E-state index in [0.717, 1.165) is 23.1 Å². The highest BCUT2D eigenvalue weighted by molar-refractivity contribution is 5.91. The molecule has 1 amide bonds. The van der Waals surface area contributed by atoms with Crippen molar-refractivity contribution >= 4 is 17.7 Å². The maximum absolute atomic E-state index is 12.6. The van der Waals surface area contributed by atoms with Crippen LogP contribution in [0.4, 0.5) is 23.7 Å². The average molecular weight is 289 g/mol. The number of anilines is 1. The van der Waals surface area contributed by atoms with Crippen molar-refractivity contribution in [1.29, 1.82) is 0 Å². The average Bonchev–Trinajstić information content (AvgIpc) is 2.69. The van der Waals surface area contributed by atoms with Gasteiger partial charge in [-0.3, -0.25) is 9.69 Å². The molecule has 1 aliphatic rings. The second kappa shape index (κ2) is 5.03. The smallest absolute Gasteiger partial charge is 0.416 e. The summed E-state index contributed by atoms with van der Waals surface area (Å²) >= 11 is 0. The van der Waals surface area contributed by atoms with E-state index in [1.807, 2.05) is 0 Å². The van der Waals surface area contributed by atoms with E-state index >= 15 is 0 Å². The number of alkyl halides is 3. The molecule has 0 aromatic heterocycles.